The number of guanidine groups is 1. The number of rotatable bonds is 3. The molecule has 136 valence electrons. The van der Waals surface area contributed by atoms with Crippen molar-refractivity contribution in [2.24, 2.45) is 4.99 Å². The number of halogens is 2. The Morgan fingerprint density at radius 3 is 2.41 bits per heavy atom. The van der Waals surface area contributed by atoms with E-state index in [1.54, 1.807) is 24.3 Å². The van der Waals surface area contributed by atoms with E-state index in [-0.39, 0.29) is 22.8 Å². The molecule has 6 nitrogen and oxygen atoms in total. The third-order valence-corrected chi connectivity index (χ3v) is 3.69. The molecule has 0 aliphatic heterocycles. The Morgan fingerprint density at radius 1 is 1.04 bits per heavy atom. The van der Waals surface area contributed by atoms with Gasteiger partial charge in [0.05, 0.1) is 0 Å². The van der Waals surface area contributed by atoms with Crippen molar-refractivity contribution in [3.63, 3.8) is 0 Å². The van der Waals surface area contributed by atoms with Gasteiger partial charge in [0.2, 0.25) is 5.96 Å². The summed E-state index contributed by atoms with van der Waals surface area (Å²) in [5.41, 5.74) is 0.641. The number of aromatic nitrogens is 1. The first kappa shape index (κ1) is 18.3. The van der Waals surface area contributed by atoms with Crippen molar-refractivity contribution in [3.05, 3.63) is 93.5 Å². The number of carbonyl (C=O) groups excluding carboxylic acids is 1. The number of nitrogens with zero attached hydrogens (tertiary/aromatic N) is 1. The zero-order valence-electron chi connectivity index (χ0n) is 13.9. The second-order valence-electron chi connectivity index (χ2n) is 5.46. The summed E-state index contributed by atoms with van der Waals surface area (Å²) in [6.45, 7) is 0. The minimum absolute atomic E-state index is 0.0773. The maximum absolute atomic E-state index is 13.0. The van der Waals surface area contributed by atoms with E-state index in [0.29, 0.717) is 10.7 Å². The van der Waals surface area contributed by atoms with E-state index in [9.17, 15) is 14.0 Å². The number of aliphatic imine (C=N–C) groups is 1. The minimum Gasteiger partial charge on any atom is -0.346 e. The lowest BCUT2D eigenvalue weighted by Gasteiger charge is -2.12. The topological polar surface area (TPSA) is 86.3 Å². The van der Waals surface area contributed by atoms with Crippen LogP contribution in [0, 0.1) is 5.82 Å². The van der Waals surface area contributed by atoms with Crippen LogP contribution in [0.2, 0.25) is 5.02 Å². The molecular formula is C19H14ClFN4O2. The summed E-state index contributed by atoms with van der Waals surface area (Å²) in [4.78, 5) is 31.0. The average Bonchev–Trinajstić information content (AvgIpc) is 2.64. The van der Waals surface area contributed by atoms with Crippen molar-refractivity contribution in [2.45, 2.75) is 0 Å². The SMILES string of the molecule is O=C(N/C(=N/c1cc(=O)cc[nH]1)Nc1ccc(Cl)cc1)c1ccc(F)cc1. The molecule has 3 N–H and O–H groups in total. The predicted molar refractivity (Wildman–Crippen MR) is 103 cm³/mol. The van der Waals surface area contributed by atoms with Gasteiger partial charge < -0.3 is 10.3 Å². The lowest BCUT2D eigenvalue weighted by atomic mass is 10.2. The van der Waals surface area contributed by atoms with Gasteiger partial charge in [-0.3, -0.25) is 14.9 Å². The molecular weight excluding hydrogens is 371 g/mol. The number of hydrogen-bond donors (Lipinski definition) is 3. The van der Waals surface area contributed by atoms with Crippen LogP contribution in [0.1, 0.15) is 10.4 Å². The van der Waals surface area contributed by atoms with Gasteiger partial charge in [-0.1, -0.05) is 11.6 Å². The highest BCUT2D eigenvalue weighted by Crippen LogP contribution is 2.14. The van der Waals surface area contributed by atoms with Gasteiger partial charge in [-0.25, -0.2) is 4.39 Å². The number of anilines is 1. The van der Waals surface area contributed by atoms with Crippen LogP contribution in [0.5, 0.6) is 0 Å². The van der Waals surface area contributed by atoms with Gasteiger partial charge in [0.1, 0.15) is 11.6 Å². The second kappa shape index (κ2) is 8.29. The molecule has 0 spiro atoms. The van der Waals surface area contributed by atoms with E-state index in [1.165, 1.54) is 42.6 Å². The highest BCUT2D eigenvalue weighted by molar-refractivity contribution is 6.30. The van der Waals surface area contributed by atoms with Gasteiger partial charge in [-0.2, -0.15) is 4.99 Å². The van der Waals surface area contributed by atoms with E-state index in [4.69, 9.17) is 11.6 Å². The summed E-state index contributed by atoms with van der Waals surface area (Å²) >= 11 is 5.87. The van der Waals surface area contributed by atoms with E-state index in [1.807, 2.05) is 0 Å². The number of hydrogen-bond acceptors (Lipinski definition) is 3. The van der Waals surface area contributed by atoms with Crippen LogP contribution >= 0.6 is 11.6 Å². The monoisotopic (exact) mass is 384 g/mol. The quantitative estimate of drug-likeness (QED) is 0.475. The lowest BCUT2D eigenvalue weighted by Crippen LogP contribution is -2.35. The zero-order valence-corrected chi connectivity index (χ0v) is 14.6. The number of H-pyrrole nitrogens is 1. The zero-order chi connectivity index (χ0) is 19.2. The summed E-state index contributed by atoms with van der Waals surface area (Å²) in [6.07, 6.45) is 1.45. The molecule has 2 aromatic carbocycles. The van der Waals surface area contributed by atoms with Crippen LogP contribution in [0.25, 0.3) is 0 Å². The first-order valence-corrected chi connectivity index (χ1v) is 8.24. The number of nitrogens with one attached hydrogen (secondary N) is 3. The van der Waals surface area contributed by atoms with Crippen molar-refractivity contribution in [2.75, 3.05) is 5.32 Å². The Morgan fingerprint density at radius 2 is 1.74 bits per heavy atom. The predicted octanol–water partition coefficient (Wildman–Crippen LogP) is 3.70. The highest BCUT2D eigenvalue weighted by Gasteiger charge is 2.10. The molecule has 1 heterocycles. The number of benzene rings is 2. The Hall–Kier alpha value is -3.45. The summed E-state index contributed by atoms with van der Waals surface area (Å²) in [5, 5.41) is 6.11. The fourth-order valence-corrected chi connectivity index (χ4v) is 2.28. The van der Waals surface area contributed by atoms with Crippen molar-refractivity contribution < 1.29 is 9.18 Å². The Labute approximate surface area is 158 Å². The molecule has 0 saturated carbocycles. The fraction of sp³-hybridized carbons (Fsp3) is 0. The molecule has 1 amide bonds. The molecule has 8 heteroatoms. The summed E-state index contributed by atoms with van der Waals surface area (Å²) in [5.74, 6) is -0.609. The first-order chi connectivity index (χ1) is 13.0. The van der Waals surface area contributed by atoms with E-state index in [2.05, 4.69) is 20.6 Å². The molecule has 0 atom stereocenters. The van der Waals surface area contributed by atoms with Gasteiger partial charge in [-0.05, 0) is 48.5 Å². The lowest BCUT2D eigenvalue weighted by molar-refractivity contribution is 0.0977. The van der Waals surface area contributed by atoms with Gasteiger partial charge >= 0.3 is 0 Å². The van der Waals surface area contributed by atoms with Crippen LogP contribution in [-0.2, 0) is 0 Å². The standard InChI is InChI=1S/C19H14ClFN4O2/c20-13-3-7-15(8-4-13)23-19(24-17-11-16(26)9-10-22-17)25-18(27)12-1-5-14(21)6-2-12/h1-11H,(H3,22,23,24,25,26,27). The number of carbonyl (C=O) groups is 1. The smallest absolute Gasteiger partial charge is 0.257 e. The normalized spacial score (nSPS) is 11.1. The maximum atomic E-state index is 13.0. The largest absolute Gasteiger partial charge is 0.346 e. The Kier molecular flexibility index (Phi) is 5.63. The number of pyridine rings is 1. The van der Waals surface area contributed by atoms with Crippen molar-refractivity contribution in [1.82, 2.24) is 10.3 Å². The van der Waals surface area contributed by atoms with Crippen LogP contribution in [0.3, 0.4) is 0 Å². The fourth-order valence-electron chi connectivity index (χ4n) is 2.16. The molecule has 0 saturated heterocycles. The Bertz CT molecular complexity index is 1030. The van der Waals surface area contributed by atoms with Crippen molar-refractivity contribution in [3.8, 4) is 0 Å². The molecule has 27 heavy (non-hydrogen) atoms. The first-order valence-electron chi connectivity index (χ1n) is 7.86. The van der Waals surface area contributed by atoms with Crippen LogP contribution in [0.15, 0.2) is 76.6 Å². The molecule has 0 bridgehead atoms. The molecule has 0 aliphatic carbocycles. The van der Waals surface area contributed by atoms with Crippen LogP contribution in [-0.4, -0.2) is 16.9 Å². The van der Waals surface area contributed by atoms with Crippen LogP contribution in [0.4, 0.5) is 15.9 Å². The number of amides is 1. The molecule has 0 unspecified atom stereocenters. The minimum atomic E-state index is -0.492. The van der Waals surface area contributed by atoms with Gasteiger partial charge in [0.25, 0.3) is 5.91 Å². The van der Waals surface area contributed by atoms with Crippen molar-refractivity contribution >= 4 is 35.0 Å². The van der Waals surface area contributed by atoms with Gasteiger partial charge in [-0.15, -0.1) is 0 Å². The molecule has 3 rings (SSSR count). The van der Waals surface area contributed by atoms with Gasteiger partial charge in [0.15, 0.2) is 5.43 Å². The van der Waals surface area contributed by atoms with Crippen LogP contribution < -0.4 is 16.1 Å². The van der Waals surface area contributed by atoms with Gasteiger partial charge in [0, 0.05) is 34.6 Å². The van der Waals surface area contributed by atoms with Crippen molar-refractivity contribution in [1.29, 1.82) is 0 Å². The number of aromatic amines is 1. The molecule has 3 aromatic rings. The second-order valence-corrected chi connectivity index (χ2v) is 5.90. The summed E-state index contributed by atoms with van der Waals surface area (Å²) in [7, 11) is 0. The molecule has 0 radical (unpaired) electrons. The summed E-state index contributed by atoms with van der Waals surface area (Å²) < 4.78 is 13.0. The molecule has 1 aromatic heterocycles. The van der Waals surface area contributed by atoms with E-state index < -0.39 is 11.7 Å². The van der Waals surface area contributed by atoms with E-state index >= 15 is 0 Å². The maximum Gasteiger partial charge on any atom is 0.257 e. The summed E-state index contributed by atoms with van der Waals surface area (Å²) in [6, 6.07) is 14.5. The molecule has 0 aliphatic rings. The average molecular weight is 385 g/mol. The highest BCUT2D eigenvalue weighted by atomic mass is 35.5. The third-order valence-electron chi connectivity index (χ3n) is 3.44. The molecule has 0 fully saturated rings. The Balaban J connectivity index is 1.88. The van der Waals surface area contributed by atoms with E-state index in [0.717, 1.165) is 0 Å². The third kappa shape index (κ3) is 5.26.